The zero-order chi connectivity index (χ0) is 25.8. The Labute approximate surface area is 218 Å². The van der Waals surface area contributed by atoms with Crippen LogP contribution in [-0.4, -0.2) is 66.7 Å². The first-order chi connectivity index (χ1) is 18.0. The van der Waals surface area contributed by atoms with Gasteiger partial charge in [0.25, 0.3) is 0 Å². The third-order valence-corrected chi connectivity index (χ3v) is 5.87. The average Bonchev–Trinajstić information content (AvgIpc) is 3.22. The lowest BCUT2D eigenvalue weighted by Crippen LogP contribution is -2.38. The number of nitrogens with zero attached hydrogens (tertiary/aromatic N) is 7. The van der Waals surface area contributed by atoms with Gasteiger partial charge in [-0.15, -0.1) is 0 Å². The Balaban J connectivity index is 1.23. The van der Waals surface area contributed by atoms with E-state index in [0.717, 1.165) is 11.3 Å². The largest absolute Gasteiger partial charge is 0.477 e. The van der Waals surface area contributed by atoms with Gasteiger partial charge in [-0.05, 0) is 19.1 Å². The van der Waals surface area contributed by atoms with Crippen LogP contribution in [0.2, 0.25) is 5.15 Å². The van der Waals surface area contributed by atoms with E-state index in [1.807, 2.05) is 0 Å². The van der Waals surface area contributed by atoms with Crippen molar-refractivity contribution in [3.8, 4) is 34.4 Å². The molecule has 0 radical (unpaired) electrons. The second kappa shape index (κ2) is 10.9. The molecule has 0 amide bonds. The van der Waals surface area contributed by atoms with E-state index in [2.05, 4.69) is 42.3 Å². The van der Waals surface area contributed by atoms with Gasteiger partial charge < -0.3 is 25.3 Å². The summed E-state index contributed by atoms with van der Waals surface area (Å²) in [6, 6.07) is 3.43. The van der Waals surface area contributed by atoms with Gasteiger partial charge in [0.15, 0.2) is 5.82 Å². The van der Waals surface area contributed by atoms with Crippen LogP contribution in [0.25, 0.3) is 22.6 Å². The molecule has 1 aliphatic rings. The highest BCUT2D eigenvalue weighted by atomic mass is 35.5. The van der Waals surface area contributed by atoms with Gasteiger partial charge in [0.2, 0.25) is 11.8 Å². The van der Waals surface area contributed by atoms with Crippen LogP contribution in [0.15, 0.2) is 43.1 Å². The van der Waals surface area contributed by atoms with E-state index in [9.17, 15) is 0 Å². The lowest BCUT2D eigenvalue weighted by molar-refractivity contribution is -0.0814. The lowest BCUT2D eigenvalue weighted by Gasteiger charge is -2.25. The minimum Gasteiger partial charge on any atom is -0.477 e. The van der Waals surface area contributed by atoms with E-state index < -0.39 is 0 Å². The molecule has 1 atom stereocenters. The maximum Gasteiger partial charge on any atom is 0.232 e. The van der Waals surface area contributed by atoms with E-state index in [4.69, 9.17) is 31.5 Å². The number of hydrogen-bond acceptors (Lipinski definition) is 11. The molecule has 0 saturated carbocycles. The zero-order valence-electron chi connectivity index (χ0n) is 20.3. The molecule has 1 saturated heterocycles. The number of nitrogen functional groups attached to an aromatic ring is 1. The first kappa shape index (κ1) is 24.7. The number of aromatic nitrogens is 7. The summed E-state index contributed by atoms with van der Waals surface area (Å²) >= 11 is 6.19. The van der Waals surface area contributed by atoms with Gasteiger partial charge in [-0.2, -0.15) is 5.10 Å². The smallest absolute Gasteiger partial charge is 0.232 e. The number of nitrogens with one attached hydrogen (secondary N) is 1. The first-order valence-corrected chi connectivity index (χ1v) is 12.1. The van der Waals surface area contributed by atoms with E-state index in [1.165, 1.54) is 0 Å². The van der Waals surface area contributed by atoms with Crippen molar-refractivity contribution >= 4 is 23.1 Å². The Bertz CT molecular complexity index is 1360. The Kier molecular flexibility index (Phi) is 7.28. The van der Waals surface area contributed by atoms with Crippen LogP contribution in [0, 0.1) is 0 Å². The number of pyridine rings is 1. The minimum atomic E-state index is 0.0263. The second-order valence-electron chi connectivity index (χ2n) is 8.54. The van der Waals surface area contributed by atoms with Crippen LogP contribution in [0.1, 0.15) is 13.3 Å². The van der Waals surface area contributed by atoms with E-state index in [-0.39, 0.29) is 12.1 Å². The third-order valence-electron chi connectivity index (χ3n) is 5.66. The fraction of sp³-hybridized carbons (Fsp3) is 0.333. The average molecular weight is 524 g/mol. The quantitative estimate of drug-likeness (QED) is 0.295. The molecule has 5 rings (SSSR count). The molecule has 37 heavy (non-hydrogen) atoms. The predicted octanol–water partition coefficient (Wildman–Crippen LogP) is 3.01. The standard InChI is InChI=1S/C24H26ClN9O3/c1-14(4-6-36-24-17(9-31-34(24)2)23-27-5-3-21(26)33-23)32-18-7-20(25)29-8-16(18)19-10-30-22(11-28-19)37-15-12-35-13-15/h3,5,7-11,14-15H,4,6,12-13H2,1-2H3,(H,29,32)(H2,26,27,33)/t14-/m0/s1. The Morgan fingerprint density at radius 1 is 1.16 bits per heavy atom. The van der Waals surface area contributed by atoms with Crippen molar-refractivity contribution < 1.29 is 14.2 Å². The molecular formula is C24H26ClN9O3. The Morgan fingerprint density at radius 2 is 2.03 bits per heavy atom. The van der Waals surface area contributed by atoms with Crippen molar-refractivity contribution in [1.82, 2.24) is 34.7 Å². The highest BCUT2D eigenvalue weighted by Gasteiger charge is 2.21. The number of nitrogens with two attached hydrogens (primary N) is 1. The van der Waals surface area contributed by atoms with Crippen molar-refractivity contribution in [2.24, 2.45) is 7.05 Å². The van der Waals surface area contributed by atoms with Crippen LogP contribution < -0.4 is 20.5 Å². The summed E-state index contributed by atoms with van der Waals surface area (Å²) in [6.45, 7) is 3.61. The van der Waals surface area contributed by atoms with Crippen molar-refractivity contribution in [2.45, 2.75) is 25.5 Å². The summed E-state index contributed by atoms with van der Waals surface area (Å²) < 4.78 is 18.5. The Hall–Kier alpha value is -4.03. The molecule has 4 aromatic rings. The van der Waals surface area contributed by atoms with E-state index >= 15 is 0 Å². The second-order valence-corrected chi connectivity index (χ2v) is 8.93. The predicted molar refractivity (Wildman–Crippen MR) is 137 cm³/mol. The fourth-order valence-corrected chi connectivity index (χ4v) is 3.80. The van der Waals surface area contributed by atoms with E-state index in [0.29, 0.717) is 66.1 Å². The Morgan fingerprint density at radius 3 is 2.76 bits per heavy atom. The van der Waals surface area contributed by atoms with Gasteiger partial charge in [0.1, 0.15) is 22.6 Å². The summed E-state index contributed by atoms with van der Waals surface area (Å²) in [5, 5.41) is 8.13. The number of halogens is 1. The van der Waals surface area contributed by atoms with Crippen LogP contribution >= 0.6 is 11.6 Å². The summed E-state index contributed by atoms with van der Waals surface area (Å²) in [6.07, 6.45) is 8.90. The van der Waals surface area contributed by atoms with Crippen molar-refractivity contribution in [2.75, 3.05) is 30.9 Å². The summed E-state index contributed by atoms with van der Waals surface area (Å²) in [7, 11) is 1.80. The monoisotopic (exact) mass is 523 g/mol. The minimum absolute atomic E-state index is 0.0263. The molecule has 0 spiro atoms. The maximum atomic E-state index is 6.19. The molecule has 0 bridgehead atoms. The maximum absolute atomic E-state index is 6.19. The number of aryl methyl sites for hydroxylation is 1. The van der Waals surface area contributed by atoms with Crippen LogP contribution in [0.5, 0.6) is 11.8 Å². The molecule has 0 aromatic carbocycles. The van der Waals surface area contributed by atoms with Gasteiger partial charge >= 0.3 is 0 Å². The first-order valence-electron chi connectivity index (χ1n) is 11.7. The molecule has 4 aromatic heterocycles. The zero-order valence-corrected chi connectivity index (χ0v) is 21.1. The van der Waals surface area contributed by atoms with Crippen molar-refractivity contribution in [3.63, 3.8) is 0 Å². The summed E-state index contributed by atoms with van der Waals surface area (Å²) in [5.41, 5.74) is 8.69. The van der Waals surface area contributed by atoms with E-state index in [1.54, 1.807) is 54.8 Å². The van der Waals surface area contributed by atoms with Gasteiger partial charge in [-0.25, -0.2) is 29.6 Å². The normalized spacial score (nSPS) is 14.1. The summed E-state index contributed by atoms with van der Waals surface area (Å²) in [5.74, 6) is 1.86. The molecule has 0 unspecified atom stereocenters. The topological polar surface area (TPSA) is 148 Å². The number of hydrogen-bond donors (Lipinski definition) is 2. The highest BCUT2D eigenvalue weighted by Crippen LogP contribution is 2.30. The molecule has 0 aliphatic carbocycles. The van der Waals surface area contributed by atoms with Gasteiger partial charge in [-0.1, -0.05) is 11.6 Å². The fourth-order valence-electron chi connectivity index (χ4n) is 3.65. The number of ether oxygens (including phenoxy) is 3. The van der Waals surface area contributed by atoms with Gasteiger partial charge in [0, 0.05) is 43.2 Å². The lowest BCUT2D eigenvalue weighted by atomic mass is 10.1. The van der Waals surface area contributed by atoms with Crippen LogP contribution in [0.3, 0.4) is 0 Å². The molecule has 5 heterocycles. The highest BCUT2D eigenvalue weighted by molar-refractivity contribution is 6.29. The summed E-state index contributed by atoms with van der Waals surface area (Å²) in [4.78, 5) is 21.6. The number of rotatable bonds is 10. The van der Waals surface area contributed by atoms with Gasteiger partial charge in [-0.3, -0.25) is 0 Å². The number of anilines is 2. The van der Waals surface area contributed by atoms with Crippen LogP contribution in [-0.2, 0) is 11.8 Å². The van der Waals surface area contributed by atoms with Crippen LogP contribution in [0.4, 0.5) is 11.5 Å². The SMILES string of the molecule is C[C@@H](CCOc1c(-c2nccc(N)n2)cnn1C)Nc1cc(Cl)ncc1-c1cnc(OC2COC2)cn1. The molecule has 1 aliphatic heterocycles. The van der Waals surface area contributed by atoms with Crippen molar-refractivity contribution in [3.05, 3.63) is 48.3 Å². The molecule has 192 valence electrons. The third kappa shape index (κ3) is 5.87. The van der Waals surface area contributed by atoms with Crippen molar-refractivity contribution in [1.29, 1.82) is 0 Å². The molecule has 12 nitrogen and oxygen atoms in total. The molecular weight excluding hydrogens is 498 g/mol. The molecule has 3 N–H and O–H groups in total. The van der Waals surface area contributed by atoms with Gasteiger partial charge in [0.05, 0.1) is 44.1 Å². The molecule has 13 heteroatoms. The molecule has 1 fully saturated rings.